The number of nitrogens with two attached hydrogens (primary N) is 1. The molecule has 120 valence electrons. The largest absolute Gasteiger partial charge is 0.436 e. The van der Waals surface area contributed by atoms with Crippen molar-refractivity contribution in [2.45, 2.75) is 25.5 Å². The Morgan fingerprint density at radius 1 is 1.32 bits per heavy atom. The molecule has 6 nitrogen and oxygen atoms in total. The predicted molar refractivity (Wildman–Crippen MR) is 77.9 cm³/mol. The van der Waals surface area contributed by atoms with Crippen molar-refractivity contribution in [2.75, 3.05) is 5.88 Å². The Balaban J connectivity index is 2.78. The van der Waals surface area contributed by atoms with Crippen LogP contribution in [-0.4, -0.2) is 35.8 Å². The Labute approximate surface area is 131 Å². The second-order valence-electron chi connectivity index (χ2n) is 4.59. The zero-order chi connectivity index (χ0) is 16.7. The summed E-state index contributed by atoms with van der Waals surface area (Å²) in [6.45, 7) is 1.46. The highest BCUT2D eigenvalue weighted by Gasteiger charge is 2.25. The van der Waals surface area contributed by atoms with Crippen LogP contribution in [0.2, 0.25) is 0 Å². The maximum absolute atomic E-state index is 12.9. The Morgan fingerprint density at radius 3 is 2.41 bits per heavy atom. The molecule has 2 unspecified atom stereocenters. The van der Waals surface area contributed by atoms with Crippen LogP contribution >= 0.6 is 11.6 Å². The fourth-order valence-electron chi connectivity index (χ4n) is 1.67. The van der Waals surface area contributed by atoms with E-state index in [1.165, 1.54) is 31.2 Å². The molecule has 0 spiro atoms. The lowest BCUT2D eigenvalue weighted by molar-refractivity contribution is -0.132. The number of alkyl halides is 1. The van der Waals surface area contributed by atoms with Crippen LogP contribution in [-0.2, 0) is 20.7 Å². The predicted octanol–water partition coefficient (Wildman–Crippen LogP) is 1.14. The summed E-state index contributed by atoms with van der Waals surface area (Å²) in [5, 5.41) is 2.39. The Kier molecular flexibility index (Phi) is 6.78. The highest BCUT2D eigenvalue weighted by molar-refractivity contribution is 6.28. The van der Waals surface area contributed by atoms with E-state index in [9.17, 15) is 18.8 Å². The quantitative estimate of drug-likeness (QED) is 0.732. The summed E-state index contributed by atoms with van der Waals surface area (Å²) in [4.78, 5) is 34.3. The highest BCUT2D eigenvalue weighted by Crippen LogP contribution is 2.09. The van der Waals surface area contributed by atoms with E-state index >= 15 is 0 Å². The van der Waals surface area contributed by atoms with Crippen LogP contribution in [0, 0.1) is 5.82 Å². The maximum Gasteiger partial charge on any atom is 0.405 e. The van der Waals surface area contributed by atoms with Gasteiger partial charge in [-0.2, -0.15) is 0 Å². The summed E-state index contributed by atoms with van der Waals surface area (Å²) in [6, 6.07) is 4.51. The molecule has 22 heavy (non-hydrogen) atoms. The Hall–Kier alpha value is -2.15. The maximum atomic E-state index is 12.9. The van der Waals surface area contributed by atoms with Crippen molar-refractivity contribution < 1.29 is 23.5 Å². The second-order valence-corrected chi connectivity index (χ2v) is 4.85. The second kappa shape index (κ2) is 8.33. The van der Waals surface area contributed by atoms with Crippen molar-refractivity contribution in [1.82, 2.24) is 5.32 Å². The molecule has 0 fully saturated rings. The van der Waals surface area contributed by atoms with Crippen LogP contribution in [0.4, 0.5) is 9.18 Å². The van der Waals surface area contributed by atoms with Crippen LogP contribution < -0.4 is 11.1 Å². The first-order chi connectivity index (χ1) is 10.3. The minimum absolute atomic E-state index is 0.00314. The Bertz CT molecular complexity index is 550. The van der Waals surface area contributed by atoms with Gasteiger partial charge in [-0.05, 0) is 24.6 Å². The number of ketones is 1. The number of ether oxygens (including phenoxy) is 1. The van der Waals surface area contributed by atoms with Crippen LogP contribution in [0.15, 0.2) is 24.3 Å². The van der Waals surface area contributed by atoms with Gasteiger partial charge in [0.15, 0.2) is 11.9 Å². The molecule has 0 radical (unpaired) electrons. The van der Waals surface area contributed by atoms with Crippen LogP contribution in [0.3, 0.4) is 0 Å². The zero-order valence-electron chi connectivity index (χ0n) is 11.8. The molecule has 0 bridgehead atoms. The molecule has 3 N–H and O–H groups in total. The number of nitrogens with one attached hydrogen (secondary N) is 1. The first-order valence-electron chi connectivity index (χ1n) is 6.43. The summed E-state index contributed by atoms with van der Waals surface area (Å²) in [5.41, 5.74) is 5.51. The molecule has 1 aromatic carbocycles. The van der Waals surface area contributed by atoms with Gasteiger partial charge >= 0.3 is 6.09 Å². The van der Waals surface area contributed by atoms with Gasteiger partial charge < -0.3 is 15.8 Å². The number of benzene rings is 1. The topological polar surface area (TPSA) is 98.5 Å². The minimum Gasteiger partial charge on any atom is -0.436 e. The van der Waals surface area contributed by atoms with Crippen molar-refractivity contribution >= 4 is 29.4 Å². The molecule has 0 aliphatic carbocycles. The number of primary amides is 1. The summed E-state index contributed by atoms with van der Waals surface area (Å²) < 4.78 is 17.6. The molecule has 0 aromatic heterocycles. The fourth-order valence-corrected chi connectivity index (χ4v) is 1.90. The van der Waals surface area contributed by atoms with E-state index in [2.05, 4.69) is 5.32 Å². The van der Waals surface area contributed by atoms with E-state index in [-0.39, 0.29) is 18.1 Å². The summed E-state index contributed by atoms with van der Waals surface area (Å²) in [7, 11) is 0. The highest BCUT2D eigenvalue weighted by atomic mass is 35.5. The van der Waals surface area contributed by atoms with Crippen molar-refractivity contribution in [2.24, 2.45) is 5.73 Å². The SMILES string of the molecule is CC(NC(=O)C(Cc1ccc(F)cc1)OC(N)=O)C(=O)CCl. The van der Waals surface area contributed by atoms with Gasteiger partial charge in [0.05, 0.1) is 11.9 Å². The molecule has 8 heteroatoms. The van der Waals surface area contributed by atoms with Crippen molar-refractivity contribution in [3.63, 3.8) is 0 Å². The monoisotopic (exact) mass is 330 g/mol. The fraction of sp³-hybridized carbons (Fsp3) is 0.357. The van der Waals surface area contributed by atoms with E-state index in [1.807, 2.05) is 0 Å². The van der Waals surface area contributed by atoms with Gasteiger partial charge in [-0.3, -0.25) is 9.59 Å². The summed E-state index contributed by atoms with van der Waals surface area (Å²) in [5.74, 6) is -1.74. The molecule has 0 saturated carbocycles. The standard InChI is InChI=1S/C14H16ClFN2O4/c1-8(11(19)7-15)18-13(20)12(22-14(17)21)6-9-2-4-10(16)5-3-9/h2-5,8,12H,6-7H2,1H3,(H2,17,21)(H,18,20). The average molecular weight is 331 g/mol. The molecule has 1 aromatic rings. The lowest BCUT2D eigenvalue weighted by Crippen LogP contribution is -2.47. The van der Waals surface area contributed by atoms with E-state index in [0.29, 0.717) is 5.56 Å². The molecular formula is C14H16ClFN2O4. The van der Waals surface area contributed by atoms with Gasteiger partial charge in [0.1, 0.15) is 5.82 Å². The number of carbonyl (C=O) groups is 3. The van der Waals surface area contributed by atoms with Gasteiger partial charge in [-0.15, -0.1) is 11.6 Å². The molecular weight excluding hydrogens is 315 g/mol. The first-order valence-corrected chi connectivity index (χ1v) is 6.96. The lowest BCUT2D eigenvalue weighted by Gasteiger charge is -2.19. The molecule has 2 amide bonds. The van der Waals surface area contributed by atoms with E-state index < -0.39 is 30.0 Å². The number of carbonyl (C=O) groups excluding carboxylic acids is 3. The van der Waals surface area contributed by atoms with Gasteiger partial charge in [0.2, 0.25) is 0 Å². The van der Waals surface area contributed by atoms with Gasteiger partial charge in [-0.25, -0.2) is 9.18 Å². The third-order valence-corrected chi connectivity index (χ3v) is 3.12. The third kappa shape index (κ3) is 5.69. The number of rotatable bonds is 7. The van der Waals surface area contributed by atoms with Gasteiger partial charge in [-0.1, -0.05) is 12.1 Å². The number of amides is 2. The van der Waals surface area contributed by atoms with E-state index in [0.717, 1.165) is 0 Å². The smallest absolute Gasteiger partial charge is 0.405 e. The number of hydrogen-bond acceptors (Lipinski definition) is 4. The molecule has 0 heterocycles. The molecule has 0 saturated heterocycles. The van der Waals surface area contributed by atoms with Crippen molar-refractivity contribution in [3.8, 4) is 0 Å². The normalized spacial score (nSPS) is 13.0. The lowest BCUT2D eigenvalue weighted by atomic mass is 10.1. The van der Waals surface area contributed by atoms with Crippen LogP contribution in [0.1, 0.15) is 12.5 Å². The molecule has 1 rings (SSSR count). The van der Waals surface area contributed by atoms with Crippen LogP contribution in [0.5, 0.6) is 0 Å². The molecule has 2 atom stereocenters. The van der Waals surface area contributed by atoms with Gasteiger partial charge in [0.25, 0.3) is 5.91 Å². The average Bonchev–Trinajstić information content (AvgIpc) is 2.47. The third-order valence-electron chi connectivity index (χ3n) is 2.86. The van der Waals surface area contributed by atoms with Gasteiger partial charge in [0, 0.05) is 6.42 Å². The Morgan fingerprint density at radius 2 is 1.91 bits per heavy atom. The molecule has 0 aliphatic rings. The minimum atomic E-state index is -1.23. The van der Waals surface area contributed by atoms with Crippen molar-refractivity contribution in [3.05, 3.63) is 35.6 Å². The number of Topliss-reactive ketones (excluding diaryl/α,β-unsaturated/α-hetero) is 1. The number of halogens is 2. The number of hydrogen-bond donors (Lipinski definition) is 2. The summed E-state index contributed by atoms with van der Waals surface area (Å²) in [6.07, 6.45) is -2.36. The van der Waals surface area contributed by atoms with Crippen LogP contribution in [0.25, 0.3) is 0 Å². The van der Waals surface area contributed by atoms with E-state index in [1.54, 1.807) is 0 Å². The zero-order valence-corrected chi connectivity index (χ0v) is 12.6. The van der Waals surface area contributed by atoms with E-state index in [4.69, 9.17) is 22.1 Å². The van der Waals surface area contributed by atoms with Crippen molar-refractivity contribution in [1.29, 1.82) is 0 Å². The summed E-state index contributed by atoms with van der Waals surface area (Å²) >= 11 is 5.40. The molecule has 0 aliphatic heterocycles. The first kappa shape index (κ1) is 17.9.